The predicted octanol–water partition coefficient (Wildman–Crippen LogP) is 1.79. The van der Waals surface area contributed by atoms with Gasteiger partial charge in [0.05, 0.1) is 13.0 Å². The van der Waals surface area contributed by atoms with Gasteiger partial charge in [0, 0.05) is 6.20 Å². The molecular formula is C10H8N2O2. The largest absolute Gasteiger partial charge is 0.300 e. The van der Waals surface area contributed by atoms with Gasteiger partial charge in [-0.3, -0.25) is 14.6 Å². The second kappa shape index (κ2) is 4.28. The van der Waals surface area contributed by atoms with Crippen molar-refractivity contribution < 1.29 is 9.59 Å². The number of Topliss-reactive ketones (excluding diaryl/α,β-unsaturated/α-hetero) is 2. The van der Waals surface area contributed by atoms with E-state index in [0.29, 0.717) is 5.69 Å². The Morgan fingerprint density at radius 3 is 2.64 bits per heavy atom. The number of carbonyl (C=O) groups excluding carboxylic acids is 2. The zero-order chi connectivity index (χ0) is 10.6. The van der Waals surface area contributed by atoms with Gasteiger partial charge in [0.1, 0.15) is 11.5 Å². The molecule has 0 bridgehead atoms. The van der Waals surface area contributed by atoms with Crippen molar-refractivity contribution in [1.29, 1.82) is 0 Å². The van der Waals surface area contributed by atoms with Gasteiger partial charge < -0.3 is 0 Å². The van der Waals surface area contributed by atoms with Crippen molar-refractivity contribution in [3.05, 3.63) is 35.4 Å². The molecule has 0 saturated carbocycles. The van der Waals surface area contributed by atoms with Crippen molar-refractivity contribution in [1.82, 2.24) is 4.98 Å². The molecule has 0 amide bonds. The predicted molar refractivity (Wildman–Crippen MR) is 50.1 cm³/mol. The molecule has 1 rings (SSSR count). The molecule has 0 atom stereocenters. The van der Waals surface area contributed by atoms with Crippen LogP contribution in [0, 0.1) is 6.57 Å². The molecule has 0 saturated heterocycles. The fourth-order valence-electron chi connectivity index (χ4n) is 0.934. The van der Waals surface area contributed by atoms with Crippen LogP contribution in [0.3, 0.4) is 0 Å². The average Bonchev–Trinajstić information content (AvgIpc) is 2.17. The van der Waals surface area contributed by atoms with Crippen LogP contribution < -0.4 is 0 Å². The third-order valence-electron chi connectivity index (χ3n) is 1.57. The number of hydrogen-bond donors (Lipinski definition) is 0. The fraction of sp³-hybridized carbons (Fsp3) is 0.200. The maximum absolute atomic E-state index is 11.3. The number of carbonyl (C=O) groups is 2. The van der Waals surface area contributed by atoms with Gasteiger partial charge in [-0.25, -0.2) is 4.85 Å². The molecule has 0 unspecified atom stereocenters. The van der Waals surface area contributed by atoms with Crippen molar-refractivity contribution >= 4 is 17.3 Å². The summed E-state index contributed by atoms with van der Waals surface area (Å²) < 4.78 is 0. The molecule has 0 aliphatic heterocycles. The highest BCUT2D eigenvalue weighted by molar-refractivity contribution is 6.06. The first-order chi connectivity index (χ1) is 6.63. The van der Waals surface area contributed by atoms with Gasteiger partial charge in [0.15, 0.2) is 5.78 Å². The third-order valence-corrected chi connectivity index (χ3v) is 1.57. The van der Waals surface area contributed by atoms with Crippen molar-refractivity contribution in [2.24, 2.45) is 0 Å². The van der Waals surface area contributed by atoms with Crippen LogP contribution in [0.15, 0.2) is 18.3 Å². The maximum atomic E-state index is 11.3. The number of pyridine rings is 1. The first-order valence-corrected chi connectivity index (χ1v) is 3.99. The Bertz CT molecular complexity index is 401. The second-order valence-corrected chi connectivity index (χ2v) is 2.82. The van der Waals surface area contributed by atoms with Gasteiger partial charge in [-0.2, -0.15) is 0 Å². The molecular weight excluding hydrogens is 180 g/mol. The third kappa shape index (κ3) is 2.49. The highest BCUT2D eigenvalue weighted by Crippen LogP contribution is 2.10. The molecule has 1 aromatic rings. The lowest BCUT2D eigenvalue weighted by Gasteiger charge is -1.96. The molecule has 0 N–H and O–H groups in total. The zero-order valence-electron chi connectivity index (χ0n) is 7.65. The topological polar surface area (TPSA) is 51.4 Å². The molecule has 1 heterocycles. The van der Waals surface area contributed by atoms with E-state index in [4.69, 9.17) is 6.57 Å². The van der Waals surface area contributed by atoms with Crippen molar-refractivity contribution in [2.75, 3.05) is 0 Å². The van der Waals surface area contributed by atoms with Crippen LogP contribution in [-0.4, -0.2) is 16.6 Å². The molecule has 0 fully saturated rings. The van der Waals surface area contributed by atoms with E-state index in [-0.39, 0.29) is 23.7 Å². The molecule has 0 aliphatic carbocycles. The summed E-state index contributed by atoms with van der Waals surface area (Å²) in [6.45, 7) is 8.03. The van der Waals surface area contributed by atoms with Crippen LogP contribution in [0.1, 0.15) is 23.8 Å². The Labute approximate surface area is 81.4 Å². The Morgan fingerprint density at radius 2 is 2.21 bits per heavy atom. The average molecular weight is 188 g/mol. The minimum absolute atomic E-state index is 0.135. The van der Waals surface area contributed by atoms with Crippen molar-refractivity contribution in [3.63, 3.8) is 0 Å². The summed E-state index contributed by atoms with van der Waals surface area (Å²) in [5.41, 5.74) is 0.608. The Kier molecular flexibility index (Phi) is 3.08. The molecule has 0 aliphatic rings. The summed E-state index contributed by atoms with van der Waals surface area (Å²) in [7, 11) is 0. The zero-order valence-corrected chi connectivity index (χ0v) is 7.65. The summed E-state index contributed by atoms with van der Waals surface area (Å²) >= 11 is 0. The van der Waals surface area contributed by atoms with Crippen LogP contribution in [0.5, 0.6) is 0 Å². The smallest absolute Gasteiger partial charge is 0.205 e. The second-order valence-electron chi connectivity index (χ2n) is 2.82. The van der Waals surface area contributed by atoms with E-state index in [1.165, 1.54) is 25.3 Å². The number of nitrogens with zero attached hydrogens (tertiary/aromatic N) is 2. The Morgan fingerprint density at radius 1 is 1.50 bits per heavy atom. The fourth-order valence-corrected chi connectivity index (χ4v) is 0.934. The number of aromatic nitrogens is 1. The van der Waals surface area contributed by atoms with Crippen LogP contribution in [0.2, 0.25) is 0 Å². The van der Waals surface area contributed by atoms with Gasteiger partial charge in [0.2, 0.25) is 5.69 Å². The van der Waals surface area contributed by atoms with Crippen molar-refractivity contribution in [3.8, 4) is 0 Å². The lowest BCUT2D eigenvalue weighted by molar-refractivity contribution is -0.116. The molecule has 70 valence electrons. The van der Waals surface area contributed by atoms with Gasteiger partial charge in [0.25, 0.3) is 0 Å². The summed E-state index contributed by atoms with van der Waals surface area (Å²) in [5.74, 6) is -0.500. The SMILES string of the molecule is [C-]#[N+]c1ccc(C(=O)CC(C)=O)nc1. The molecule has 4 heteroatoms. The van der Waals surface area contributed by atoms with Crippen LogP contribution in [0.25, 0.3) is 4.85 Å². The number of rotatable bonds is 3. The van der Waals surface area contributed by atoms with Gasteiger partial charge in [-0.15, -0.1) is 0 Å². The summed E-state index contributed by atoms with van der Waals surface area (Å²) in [4.78, 5) is 28.9. The highest BCUT2D eigenvalue weighted by Gasteiger charge is 2.09. The van der Waals surface area contributed by atoms with Crippen LogP contribution >= 0.6 is 0 Å². The minimum atomic E-state index is -0.311. The van der Waals surface area contributed by atoms with E-state index in [1.54, 1.807) is 0 Å². The molecule has 0 aromatic carbocycles. The lowest BCUT2D eigenvalue weighted by Crippen LogP contribution is -2.06. The Balaban J connectivity index is 2.83. The summed E-state index contributed by atoms with van der Waals surface area (Å²) in [6, 6.07) is 2.96. The first-order valence-electron chi connectivity index (χ1n) is 3.99. The monoisotopic (exact) mass is 188 g/mol. The molecule has 0 radical (unpaired) electrons. The van der Waals surface area contributed by atoms with Gasteiger partial charge in [-0.1, -0.05) is 6.07 Å². The van der Waals surface area contributed by atoms with E-state index in [2.05, 4.69) is 9.83 Å². The first kappa shape index (κ1) is 10.1. The lowest BCUT2D eigenvalue weighted by atomic mass is 10.1. The van der Waals surface area contributed by atoms with E-state index in [9.17, 15) is 9.59 Å². The molecule has 14 heavy (non-hydrogen) atoms. The summed E-state index contributed by atoms with van der Waals surface area (Å²) in [6.07, 6.45) is 1.19. The summed E-state index contributed by atoms with van der Waals surface area (Å²) in [5, 5.41) is 0. The van der Waals surface area contributed by atoms with Gasteiger partial charge >= 0.3 is 0 Å². The number of ketones is 2. The van der Waals surface area contributed by atoms with Crippen LogP contribution in [-0.2, 0) is 4.79 Å². The molecule has 4 nitrogen and oxygen atoms in total. The minimum Gasteiger partial charge on any atom is -0.300 e. The highest BCUT2D eigenvalue weighted by atomic mass is 16.1. The normalized spacial score (nSPS) is 9.14. The maximum Gasteiger partial charge on any atom is 0.205 e. The standard InChI is InChI=1S/C10H8N2O2/c1-7(13)5-10(14)9-4-3-8(11-2)6-12-9/h3-4,6H,5H2,1H3. The van der Waals surface area contributed by atoms with E-state index < -0.39 is 0 Å². The van der Waals surface area contributed by atoms with Crippen molar-refractivity contribution in [2.45, 2.75) is 13.3 Å². The number of hydrogen-bond acceptors (Lipinski definition) is 3. The van der Waals surface area contributed by atoms with Gasteiger partial charge in [-0.05, 0) is 13.0 Å². The Hall–Kier alpha value is -2.02. The van der Waals surface area contributed by atoms with E-state index in [1.807, 2.05) is 0 Å². The van der Waals surface area contributed by atoms with E-state index in [0.717, 1.165) is 0 Å². The van der Waals surface area contributed by atoms with E-state index >= 15 is 0 Å². The molecule has 1 aromatic heterocycles. The quantitative estimate of drug-likeness (QED) is 0.413. The van der Waals surface area contributed by atoms with Crippen LogP contribution in [0.4, 0.5) is 5.69 Å². The molecule has 0 spiro atoms.